The first-order chi connectivity index (χ1) is 7.76. The van der Waals surface area contributed by atoms with Crippen LogP contribution in [0.3, 0.4) is 0 Å². The molecule has 0 bridgehead atoms. The molecule has 0 fully saturated rings. The number of nitrogens with zero attached hydrogens (tertiary/aromatic N) is 2. The summed E-state index contributed by atoms with van der Waals surface area (Å²) in [6, 6.07) is 5.48. The standard InChI is InChI=1S/C11H12N2O2S/c1-2-15-11(14)5-6-16-10-4-3-9(7-12)8-13-10/h3-4,8H,2,5-6H2,1H3. The smallest absolute Gasteiger partial charge is 0.306 e. The van der Waals surface area contributed by atoms with E-state index in [2.05, 4.69) is 4.98 Å². The van der Waals surface area contributed by atoms with Gasteiger partial charge in [-0.2, -0.15) is 5.26 Å². The minimum atomic E-state index is -0.191. The number of thioether (sulfide) groups is 1. The van der Waals surface area contributed by atoms with Gasteiger partial charge < -0.3 is 4.74 Å². The maximum absolute atomic E-state index is 11.0. The third kappa shape index (κ3) is 4.32. The Balaban J connectivity index is 2.32. The Kier molecular flexibility index (Phi) is 5.37. The van der Waals surface area contributed by atoms with Gasteiger partial charge in [-0.15, -0.1) is 11.8 Å². The van der Waals surface area contributed by atoms with E-state index in [1.54, 1.807) is 19.1 Å². The summed E-state index contributed by atoms with van der Waals surface area (Å²) in [7, 11) is 0. The third-order valence-corrected chi connectivity index (χ3v) is 2.67. The van der Waals surface area contributed by atoms with E-state index in [4.69, 9.17) is 10.00 Å². The number of carbonyl (C=O) groups is 1. The van der Waals surface area contributed by atoms with Crippen molar-refractivity contribution in [3.05, 3.63) is 23.9 Å². The van der Waals surface area contributed by atoms with Gasteiger partial charge >= 0.3 is 5.97 Å². The molecule has 1 aromatic rings. The molecule has 0 aliphatic heterocycles. The zero-order valence-corrected chi connectivity index (χ0v) is 9.79. The van der Waals surface area contributed by atoms with Gasteiger partial charge in [-0.05, 0) is 19.1 Å². The SMILES string of the molecule is CCOC(=O)CCSc1ccc(C#N)cn1. The van der Waals surface area contributed by atoms with Crippen molar-refractivity contribution >= 4 is 17.7 Å². The Hall–Kier alpha value is -1.54. The number of esters is 1. The van der Waals surface area contributed by atoms with Gasteiger partial charge in [0, 0.05) is 11.9 Å². The molecule has 0 amide bonds. The Bertz CT molecular complexity index is 384. The quantitative estimate of drug-likeness (QED) is 0.578. The van der Waals surface area contributed by atoms with Crippen LogP contribution < -0.4 is 0 Å². The lowest BCUT2D eigenvalue weighted by atomic mass is 10.3. The monoisotopic (exact) mass is 236 g/mol. The molecule has 4 nitrogen and oxygen atoms in total. The van der Waals surface area contributed by atoms with Crippen LogP contribution in [0.15, 0.2) is 23.4 Å². The molecule has 0 aliphatic carbocycles. The van der Waals surface area contributed by atoms with E-state index in [-0.39, 0.29) is 5.97 Å². The van der Waals surface area contributed by atoms with Crippen LogP contribution in [0.2, 0.25) is 0 Å². The molecule has 1 rings (SSSR count). The van der Waals surface area contributed by atoms with Crippen LogP contribution in [0.5, 0.6) is 0 Å². The van der Waals surface area contributed by atoms with Crippen molar-refractivity contribution < 1.29 is 9.53 Å². The molecule has 0 N–H and O–H groups in total. The molecule has 1 aromatic heterocycles. The summed E-state index contributed by atoms with van der Waals surface area (Å²) in [4.78, 5) is 15.1. The van der Waals surface area contributed by atoms with E-state index in [0.717, 1.165) is 5.03 Å². The zero-order chi connectivity index (χ0) is 11.8. The highest BCUT2D eigenvalue weighted by Gasteiger charge is 2.02. The predicted molar refractivity (Wildman–Crippen MR) is 60.9 cm³/mol. The second-order valence-electron chi connectivity index (χ2n) is 2.90. The molecule has 0 unspecified atom stereocenters. The highest BCUT2D eigenvalue weighted by atomic mass is 32.2. The van der Waals surface area contributed by atoms with Crippen molar-refractivity contribution in [1.82, 2.24) is 4.98 Å². The second-order valence-corrected chi connectivity index (χ2v) is 4.02. The van der Waals surface area contributed by atoms with E-state index >= 15 is 0 Å². The summed E-state index contributed by atoms with van der Waals surface area (Å²) in [5, 5.41) is 9.39. The fourth-order valence-electron chi connectivity index (χ4n) is 1.00. The summed E-state index contributed by atoms with van der Waals surface area (Å²) >= 11 is 1.47. The third-order valence-electron chi connectivity index (χ3n) is 1.73. The van der Waals surface area contributed by atoms with Crippen LogP contribution >= 0.6 is 11.8 Å². The number of hydrogen-bond donors (Lipinski definition) is 0. The van der Waals surface area contributed by atoms with Crippen LogP contribution in [-0.2, 0) is 9.53 Å². The Morgan fingerprint density at radius 1 is 1.62 bits per heavy atom. The molecule has 0 saturated heterocycles. The van der Waals surface area contributed by atoms with Gasteiger partial charge in [0.15, 0.2) is 0 Å². The molecule has 0 aromatic carbocycles. The lowest BCUT2D eigenvalue weighted by molar-refractivity contribution is -0.142. The average Bonchev–Trinajstić information content (AvgIpc) is 2.30. The number of hydrogen-bond acceptors (Lipinski definition) is 5. The zero-order valence-electron chi connectivity index (χ0n) is 8.97. The molecule has 0 radical (unpaired) electrons. The fourth-order valence-corrected chi connectivity index (χ4v) is 1.77. The number of rotatable bonds is 5. The summed E-state index contributed by atoms with van der Waals surface area (Å²) in [6.07, 6.45) is 1.90. The summed E-state index contributed by atoms with van der Waals surface area (Å²) in [5.41, 5.74) is 0.537. The molecular weight excluding hydrogens is 224 g/mol. The van der Waals surface area contributed by atoms with Gasteiger partial charge in [0.05, 0.1) is 23.6 Å². The van der Waals surface area contributed by atoms with E-state index in [0.29, 0.717) is 24.3 Å². The largest absolute Gasteiger partial charge is 0.466 e. The van der Waals surface area contributed by atoms with Gasteiger partial charge in [-0.3, -0.25) is 4.79 Å². The van der Waals surface area contributed by atoms with Crippen molar-refractivity contribution in [3.63, 3.8) is 0 Å². The molecule has 0 spiro atoms. The van der Waals surface area contributed by atoms with E-state index in [1.165, 1.54) is 18.0 Å². The summed E-state index contributed by atoms with van der Waals surface area (Å²) in [6.45, 7) is 2.20. The second kappa shape index (κ2) is 6.85. The highest BCUT2D eigenvalue weighted by Crippen LogP contribution is 2.16. The maximum Gasteiger partial charge on any atom is 0.306 e. The van der Waals surface area contributed by atoms with Crippen LogP contribution in [-0.4, -0.2) is 23.3 Å². The molecule has 84 valence electrons. The van der Waals surface area contributed by atoms with Gasteiger partial charge in [0.25, 0.3) is 0 Å². The van der Waals surface area contributed by atoms with Gasteiger partial charge in [-0.1, -0.05) is 0 Å². The summed E-state index contributed by atoms with van der Waals surface area (Å²) < 4.78 is 4.80. The van der Waals surface area contributed by atoms with E-state index in [9.17, 15) is 4.79 Å². The molecule has 0 saturated carbocycles. The molecule has 0 atom stereocenters. The maximum atomic E-state index is 11.0. The number of carbonyl (C=O) groups excluding carboxylic acids is 1. The number of aromatic nitrogens is 1. The lowest BCUT2D eigenvalue weighted by Crippen LogP contribution is -2.04. The van der Waals surface area contributed by atoms with Gasteiger partial charge in [0.2, 0.25) is 0 Å². The molecule has 1 heterocycles. The normalized spacial score (nSPS) is 9.50. The molecule has 16 heavy (non-hydrogen) atoms. The van der Waals surface area contributed by atoms with Crippen LogP contribution in [0.1, 0.15) is 18.9 Å². The lowest BCUT2D eigenvalue weighted by Gasteiger charge is -2.01. The van der Waals surface area contributed by atoms with E-state index in [1.807, 2.05) is 6.07 Å². The molecule has 5 heteroatoms. The van der Waals surface area contributed by atoms with E-state index < -0.39 is 0 Å². The first kappa shape index (κ1) is 12.5. The van der Waals surface area contributed by atoms with Crippen LogP contribution in [0, 0.1) is 11.3 Å². The van der Waals surface area contributed by atoms with Crippen molar-refractivity contribution in [3.8, 4) is 6.07 Å². The predicted octanol–water partition coefficient (Wildman–Crippen LogP) is 2.00. The summed E-state index contributed by atoms with van der Waals surface area (Å²) in [5.74, 6) is 0.446. The molecule has 0 aliphatic rings. The minimum absolute atomic E-state index is 0.191. The first-order valence-electron chi connectivity index (χ1n) is 4.91. The number of pyridine rings is 1. The van der Waals surface area contributed by atoms with Crippen molar-refractivity contribution in [2.24, 2.45) is 0 Å². The van der Waals surface area contributed by atoms with Crippen LogP contribution in [0.4, 0.5) is 0 Å². The average molecular weight is 236 g/mol. The Morgan fingerprint density at radius 3 is 3.00 bits per heavy atom. The number of ether oxygens (including phenoxy) is 1. The highest BCUT2D eigenvalue weighted by molar-refractivity contribution is 7.99. The van der Waals surface area contributed by atoms with Crippen molar-refractivity contribution in [2.75, 3.05) is 12.4 Å². The minimum Gasteiger partial charge on any atom is -0.466 e. The van der Waals surface area contributed by atoms with Crippen molar-refractivity contribution in [1.29, 1.82) is 5.26 Å². The first-order valence-corrected chi connectivity index (χ1v) is 5.89. The topological polar surface area (TPSA) is 63.0 Å². The van der Waals surface area contributed by atoms with Crippen molar-refractivity contribution in [2.45, 2.75) is 18.4 Å². The van der Waals surface area contributed by atoms with Gasteiger partial charge in [-0.25, -0.2) is 4.98 Å². The Morgan fingerprint density at radius 2 is 2.44 bits per heavy atom. The Labute approximate surface area is 98.6 Å². The fraction of sp³-hybridized carbons (Fsp3) is 0.364. The van der Waals surface area contributed by atoms with Crippen LogP contribution in [0.25, 0.3) is 0 Å². The number of nitriles is 1. The molecular formula is C11H12N2O2S. The van der Waals surface area contributed by atoms with Gasteiger partial charge in [0.1, 0.15) is 6.07 Å².